The highest BCUT2D eigenvalue weighted by Gasteiger charge is 2.49. The van der Waals surface area contributed by atoms with Crippen molar-refractivity contribution >= 4 is 58.7 Å². The highest BCUT2D eigenvalue weighted by molar-refractivity contribution is 6.44. The van der Waals surface area contributed by atoms with Crippen LogP contribution >= 0.6 is 23.2 Å². The number of carbonyl (C=O) groups is 6. The second-order valence-corrected chi connectivity index (χ2v) is 16.1. The minimum absolute atomic E-state index is 0.106. The second-order valence-electron chi connectivity index (χ2n) is 15.0. The Hall–Kier alpha value is -3.38. The van der Waals surface area contributed by atoms with Crippen LogP contribution in [-0.2, 0) is 41.6 Å². The Kier molecular flexibility index (Phi) is 12.6. The van der Waals surface area contributed by atoms with Gasteiger partial charge >= 0.3 is 12.0 Å². The average molecular weight is 723 g/mol. The molecule has 1 aromatic carbocycles. The minimum Gasteiger partial charge on any atom is -0.460 e. The summed E-state index contributed by atoms with van der Waals surface area (Å²) in [5.74, 6) is -4.74. The predicted molar refractivity (Wildman–Crippen MR) is 184 cm³/mol. The molecule has 2 fully saturated rings. The first kappa shape index (κ1) is 38.4. The number of ether oxygens (including phenoxy) is 1. The molecule has 0 radical (unpaired) electrons. The molecule has 14 heteroatoms. The fraction of sp³-hybridized carbons (Fsp3) is 0.657. The van der Waals surface area contributed by atoms with Gasteiger partial charge in [0.2, 0.25) is 17.6 Å². The third-order valence-electron chi connectivity index (χ3n) is 9.88. The Balaban J connectivity index is 1.47. The fourth-order valence-electron chi connectivity index (χ4n) is 6.85. The third kappa shape index (κ3) is 9.45. The zero-order chi connectivity index (χ0) is 36.2. The number of esters is 1. The maximum absolute atomic E-state index is 14.2. The van der Waals surface area contributed by atoms with Gasteiger partial charge in [-0.1, -0.05) is 78.1 Å². The number of nitrogens with zero attached hydrogens (tertiary/aromatic N) is 1. The van der Waals surface area contributed by atoms with E-state index in [-0.39, 0.29) is 37.3 Å². The molecule has 1 aliphatic heterocycles. The topological polar surface area (TPSA) is 177 Å². The number of benzene rings is 1. The van der Waals surface area contributed by atoms with Crippen molar-refractivity contribution in [2.75, 3.05) is 6.54 Å². The molecule has 5 atom stereocenters. The van der Waals surface area contributed by atoms with Gasteiger partial charge < -0.3 is 31.3 Å². The number of urea groups is 1. The lowest BCUT2D eigenvalue weighted by Gasteiger charge is -2.37. The number of amides is 5. The van der Waals surface area contributed by atoms with Crippen molar-refractivity contribution in [2.24, 2.45) is 28.9 Å². The van der Waals surface area contributed by atoms with Crippen molar-refractivity contribution in [3.05, 3.63) is 35.4 Å². The van der Waals surface area contributed by atoms with E-state index in [1.807, 2.05) is 24.3 Å². The van der Waals surface area contributed by atoms with Crippen molar-refractivity contribution in [1.82, 2.24) is 20.9 Å². The fourth-order valence-corrected chi connectivity index (χ4v) is 7.38. The van der Waals surface area contributed by atoms with Crippen LogP contribution in [0, 0.1) is 23.2 Å². The molecule has 0 bridgehead atoms. The van der Waals surface area contributed by atoms with Gasteiger partial charge in [0.25, 0.3) is 5.91 Å². The number of primary amides is 1. The summed E-state index contributed by atoms with van der Waals surface area (Å²) in [7, 11) is 0. The number of ketones is 1. The zero-order valence-corrected chi connectivity index (χ0v) is 30.3. The highest BCUT2D eigenvalue weighted by atomic mass is 35.5. The van der Waals surface area contributed by atoms with Gasteiger partial charge in [-0.3, -0.25) is 19.2 Å². The average Bonchev–Trinajstić information content (AvgIpc) is 3.62. The second kappa shape index (κ2) is 16.1. The first-order valence-electron chi connectivity index (χ1n) is 17.0. The smallest absolute Gasteiger partial charge is 0.329 e. The summed E-state index contributed by atoms with van der Waals surface area (Å²) >= 11 is 12.6. The van der Waals surface area contributed by atoms with Crippen molar-refractivity contribution in [2.45, 2.75) is 115 Å². The normalized spacial score (nSPS) is 21.4. The molecule has 2 unspecified atom stereocenters. The standard InChI is InChI=1S/C35H49Cl2N5O7/c1-18(2)25(33(47)49-22-16-20-11-6-7-12-21(20)17-22)40-34(48)41-28(35(3,4)5)32(46)42-14-13-23(29(36)37)26(42)31(45)39-24(27(43)30(38)44)15-19-9-8-10-19/h6-7,11-12,18-19,22-26,28-29H,8-10,13-17H2,1-5H3,(H2,38,44)(H,39,45)(H2,40,41,48)/t23?,24?,25-,26-,28+/m0/s1. The van der Waals surface area contributed by atoms with Crippen LogP contribution in [-0.4, -0.2) is 82.1 Å². The Labute approximate surface area is 297 Å². The molecule has 270 valence electrons. The minimum atomic E-state index is -1.18. The number of halogens is 2. The molecule has 12 nitrogen and oxygen atoms in total. The van der Waals surface area contributed by atoms with Gasteiger partial charge in [-0.15, -0.1) is 23.2 Å². The van der Waals surface area contributed by atoms with E-state index in [2.05, 4.69) is 16.0 Å². The number of likely N-dealkylation sites (tertiary alicyclic amines) is 1. The van der Waals surface area contributed by atoms with Crippen molar-refractivity contribution < 1.29 is 33.5 Å². The number of fused-ring (bicyclic) bond motifs is 1. The summed E-state index contributed by atoms with van der Waals surface area (Å²) in [5.41, 5.74) is 6.70. The van der Waals surface area contributed by atoms with E-state index < -0.39 is 75.8 Å². The van der Waals surface area contributed by atoms with Gasteiger partial charge in [0.05, 0.1) is 6.04 Å². The van der Waals surface area contributed by atoms with E-state index in [9.17, 15) is 28.8 Å². The first-order valence-corrected chi connectivity index (χ1v) is 17.9. The molecule has 1 heterocycles. The first-order chi connectivity index (χ1) is 23.0. The molecule has 5 amide bonds. The van der Waals surface area contributed by atoms with E-state index in [0.29, 0.717) is 12.8 Å². The Bertz CT molecular complexity index is 1400. The van der Waals surface area contributed by atoms with Crippen LogP contribution in [0.1, 0.15) is 77.8 Å². The molecule has 49 heavy (non-hydrogen) atoms. The largest absolute Gasteiger partial charge is 0.460 e. The number of alkyl halides is 2. The summed E-state index contributed by atoms with van der Waals surface area (Å²) in [6, 6.07) is 2.68. The van der Waals surface area contributed by atoms with Gasteiger partial charge in [-0.05, 0) is 41.2 Å². The molecule has 0 aromatic heterocycles. The van der Waals surface area contributed by atoms with Crippen LogP contribution in [0.3, 0.4) is 0 Å². The quantitative estimate of drug-likeness (QED) is 0.137. The summed E-state index contributed by atoms with van der Waals surface area (Å²) in [5, 5.41) is 8.10. The monoisotopic (exact) mass is 721 g/mol. The number of nitrogens with two attached hydrogens (primary N) is 1. The van der Waals surface area contributed by atoms with E-state index in [1.165, 1.54) is 4.90 Å². The lowest BCUT2D eigenvalue weighted by molar-refractivity contribution is -0.152. The number of carbonyl (C=O) groups excluding carboxylic acids is 6. The van der Waals surface area contributed by atoms with Crippen LogP contribution in [0.5, 0.6) is 0 Å². The van der Waals surface area contributed by atoms with Crippen molar-refractivity contribution in [1.29, 1.82) is 0 Å². The Morgan fingerprint density at radius 1 is 0.959 bits per heavy atom. The Morgan fingerprint density at radius 2 is 1.57 bits per heavy atom. The van der Waals surface area contributed by atoms with Gasteiger partial charge in [0, 0.05) is 25.3 Å². The van der Waals surface area contributed by atoms with Crippen LogP contribution in [0.15, 0.2) is 24.3 Å². The van der Waals surface area contributed by atoms with Crippen molar-refractivity contribution in [3.63, 3.8) is 0 Å². The summed E-state index contributed by atoms with van der Waals surface area (Å²) in [6.45, 7) is 8.95. The van der Waals surface area contributed by atoms with Crippen molar-refractivity contribution in [3.8, 4) is 0 Å². The maximum atomic E-state index is 14.2. The molecule has 1 aromatic rings. The van der Waals surface area contributed by atoms with Crippen LogP contribution in [0.25, 0.3) is 0 Å². The lowest BCUT2D eigenvalue weighted by atomic mass is 9.80. The van der Waals surface area contributed by atoms with Gasteiger partial charge in [-0.25, -0.2) is 9.59 Å². The van der Waals surface area contributed by atoms with Crippen LogP contribution in [0.2, 0.25) is 0 Å². The third-order valence-corrected chi connectivity index (χ3v) is 10.5. The number of hydrogen-bond donors (Lipinski definition) is 4. The molecule has 1 saturated heterocycles. The summed E-state index contributed by atoms with van der Waals surface area (Å²) in [4.78, 5) is 79.6. The van der Waals surface area contributed by atoms with E-state index in [1.54, 1.807) is 34.6 Å². The van der Waals surface area contributed by atoms with Crippen LogP contribution in [0.4, 0.5) is 4.79 Å². The molecule has 3 aliphatic rings. The zero-order valence-electron chi connectivity index (χ0n) is 28.8. The molecular formula is C35H49Cl2N5O7. The summed E-state index contributed by atoms with van der Waals surface area (Å²) < 4.78 is 5.81. The lowest BCUT2D eigenvalue weighted by Crippen LogP contribution is -2.62. The molecule has 4 rings (SSSR count). The molecular weight excluding hydrogens is 673 g/mol. The summed E-state index contributed by atoms with van der Waals surface area (Å²) in [6.07, 6.45) is 4.11. The highest BCUT2D eigenvalue weighted by Crippen LogP contribution is 2.35. The van der Waals surface area contributed by atoms with E-state index in [4.69, 9.17) is 33.7 Å². The van der Waals surface area contributed by atoms with E-state index >= 15 is 0 Å². The van der Waals surface area contributed by atoms with Gasteiger partial charge in [-0.2, -0.15) is 0 Å². The SMILES string of the molecule is CC(C)[C@H](NC(=O)N[C@H](C(=O)N1CCC(C(Cl)Cl)[C@H]1C(=O)NC(CC1CCC1)C(=O)C(N)=O)C(C)(C)C)C(=O)OC1Cc2ccccc2C1. The molecule has 1 saturated carbocycles. The number of Topliss-reactive ketones (excluding diaryl/α,β-unsaturated/α-hetero) is 1. The van der Waals surface area contributed by atoms with E-state index in [0.717, 1.165) is 30.4 Å². The number of nitrogens with one attached hydrogen (secondary N) is 3. The van der Waals surface area contributed by atoms with Gasteiger partial charge in [0.1, 0.15) is 29.1 Å². The van der Waals surface area contributed by atoms with Crippen LogP contribution < -0.4 is 21.7 Å². The van der Waals surface area contributed by atoms with Gasteiger partial charge in [0.15, 0.2) is 0 Å². The Morgan fingerprint density at radius 3 is 2.06 bits per heavy atom. The number of hydrogen-bond acceptors (Lipinski definition) is 7. The molecule has 2 aliphatic carbocycles. The maximum Gasteiger partial charge on any atom is 0.329 e. The molecule has 5 N–H and O–H groups in total. The molecule has 0 spiro atoms. The number of rotatable bonds is 13. The predicted octanol–water partition coefficient (Wildman–Crippen LogP) is 3.19.